The summed E-state index contributed by atoms with van der Waals surface area (Å²) in [5.41, 5.74) is 1.19. The number of aliphatic hydroxyl groups excluding tert-OH is 2. The number of hydrogen-bond acceptors (Lipinski definition) is 9. The van der Waals surface area contributed by atoms with Gasteiger partial charge in [-0.2, -0.15) is 0 Å². The summed E-state index contributed by atoms with van der Waals surface area (Å²) in [5.74, 6) is -9.87. The Balaban J connectivity index is 2.11. The van der Waals surface area contributed by atoms with Crippen LogP contribution in [0.4, 0.5) is 0 Å². The Morgan fingerprint density at radius 1 is 1.21 bits per heavy atom. The molecule has 0 fully saturated rings. The fourth-order valence-corrected chi connectivity index (χ4v) is 5.48. The third kappa shape index (κ3) is 2.61. The molecule has 0 spiro atoms. The zero-order valence-electron chi connectivity index (χ0n) is 17.8. The maximum atomic E-state index is 13.4. The van der Waals surface area contributed by atoms with Crippen molar-refractivity contribution in [2.45, 2.75) is 11.6 Å². The first-order chi connectivity index (χ1) is 15.4. The van der Waals surface area contributed by atoms with Gasteiger partial charge in [-0.05, 0) is 31.3 Å². The molecule has 10 heteroatoms. The number of benzene rings is 1. The van der Waals surface area contributed by atoms with Crippen molar-refractivity contribution in [2.75, 3.05) is 14.1 Å². The Morgan fingerprint density at radius 2 is 1.85 bits per heavy atom. The summed E-state index contributed by atoms with van der Waals surface area (Å²) in [6, 6.07) is 2.96. The number of aromatic hydroxyl groups is 1. The molecule has 0 heterocycles. The van der Waals surface area contributed by atoms with Gasteiger partial charge in [0.15, 0.2) is 11.4 Å². The topological polar surface area (TPSA) is 178 Å². The number of phenolic OH excluding ortho intramolecular Hbond substituents is 1. The molecule has 6 N–H and O–H groups in total. The van der Waals surface area contributed by atoms with Crippen LogP contribution in [0.1, 0.15) is 15.9 Å². The van der Waals surface area contributed by atoms with E-state index in [0.717, 1.165) is 0 Å². The summed E-state index contributed by atoms with van der Waals surface area (Å²) >= 11 is 0. The summed E-state index contributed by atoms with van der Waals surface area (Å²) in [4.78, 5) is 52.4. The minimum absolute atomic E-state index is 0.201. The van der Waals surface area contributed by atoms with E-state index in [-0.39, 0.29) is 16.7 Å². The lowest BCUT2D eigenvalue weighted by atomic mass is 9.53. The fraction of sp³-hybridized carbons (Fsp3) is 0.304. The van der Waals surface area contributed by atoms with E-state index in [0.29, 0.717) is 6.29 Å². The molecule has 3 aliphatic rings. The van der Waals surface area contributed by atoms with Gasteiger partial charge in [-0.25, -0.2) is 0 Å². The van der Waals surface area contributed by atoms with Gasteiger partial charge in [-0.15, -0.1) is 0 Å². The average molecular weight is 454 g/mol. The van der Waals surface area contributed by atoms with Gasteiger partial charge in [0.05, 0.1) is 11.6 Å². The molecule has 5 atom stereocenters. The molecule has 0 saturated carbocycles. The van der Waals surface area contributed by atoms with Crippen LogP contribution < -0.4 is 5.73 Å². The van der Waals surface area contributed by atoms with Crippen molar-refractivity contribution in [1.82, 2.24) is 4.90 Å². The summed E-state index contributed by atoms with van der Waals surface area (Å²) < 4.78 is 0. The number of hydrogen-bond donors (Lipinski definition) is 5. The van der Waals surface area contributed by atoms with Gasteiger partial charge >= 0.3 is 0 Å². The maximum absolute atomic E-state index is 13.4. The normalized spacial score (nSPS) is 31.3. The quantitative estimate of drug-likeness (QED) is 0.311. The molecule has 33 heavy (non-hydrogen) atoms. The smallest absolute Gasteiger partial charge is 0.255 e. The second-order valence-corrected chi connectivity index (χ2v) is 8.66. The Bertz CT molecular complexity index is 1230. The van der Waals surface area contributed by atoms with E-state index in [4.69, 9.17) is 5.73 Å². The van der Waals surface area contributed by atoms with Crippen LogP contribution >= 0.6 is 0 Å². The predicted molar refractivity (Wildman–Crippen MR) is 114 cm³/mol. The number of rotatable bonds is 3. The Morgan fingerprint density at radius 3 is 2.39 bits per heavy atom. The second kappa shape index (κ2) is 7.12. The van der Waals surface area contributed by atoms with E-state index in [1.807, 2.05) is 0 Å². The van der Waals surface area contributed by atoms with Gasteiger partial charge in [-0.1, -0.05) is 18.7 Å². The number of nitrogens with two attached hydrogens (primary N) is 1. The van der Waals surface area contributed by atoms with Gasteiger partial charge < -0.3 is 31.0 Å². The van der Waals surface area contributed by atoms with Gasteiger partial charge in [0, 0.05) is 23.3 Å². The average Bonchev–Trinajstić information content (AvgIpc) is 2.73. The zero-order valence-corrected chi connectivity index (χ0v) is 17.8. The number of aliphatic hydroxyl groups is 3. The van der Waals surface area contributed by atoms with Crippen LogP contribution in [0.3, 0.4) is 0 Å². The van der Waals surface area contributed by atoms with E-state index in [9.17, 15) is 39.6 Å². The number of likely N-dealkylation sites (N-methyl/N-ethyl adjacent to an activating group) is 1. The Labute approximate surface area is 187 Å². The lowest BCUT2D eigenvalue weighted by Gasteiger charge is -2.53. The largest absolute Gasteiger partial charge is 0.510 e. The molecule has 0 radical (unpaired) electrons. The first kappa shape index (κ1) is 22.4. The fourth-order valence-electron chi connectivity index (χ4n) is 5.48. The number of nitrogens with zero attached hydrogens (tertiary/aromatic N) is 1. The number of carbonyl (C=O) groups is 4. The number of aldehydes is 1. The minimum atomic E-state index is -2.92. The van der Waals surface area contributed by atoms with Crippen molar-refractivity contribution in [3.05, 3.63) is 58.6 Å². The molecule has 0 aliphatic heterocycles. The van der Waals surface area contributed by atoms with Crippen LogP contribution in [0.15, 0.2) is 47.4 Å². The van der Waals surface area contributed by atoms with Crippen molar-refractivity contribution >= 4 is 29.3 Å². The molecular formula is C23H22N2O8. The van der Waals surface area contributed by atoms with E-state index >= 15 is 0 Å². The van der Waals surface area contributed by atoms with Crippen molar-refractivity contribution in [3.63, 3.8) is 0 Å². The van der Waals surface area contributed by atoms with Crippen molar-refractivity contribution < 1.29 is 39.6 Å². The van der Waals surface area contributed by atoms with Crippen LogP contribution in [-0.4, -0.2) is 74.8 Å². The molecule has 0 aromatic heterocycles. The van der Waals surface area contributed by atoms with Crippen LogP contribution in [-0.2, 0) is 14.4 Å². The maximum Gasteiger partial charge on any atom is 0.255 e. The first-order valence-corrected chi connectivity index (χ1v) is 10.0. The number of ketones is 2. The van der Waals surface area contributed by atoms with Crippen LogP contribution in [0.25, 0.3) is 5.57 Å². The molecule has 3 aliphatic carbocycles. The molecule has 1 amide bonds. The highest BCUT2D eigenvalue weighted by Crippen LogP contribution is 2.56. The summed E-state index contributed by atoms with van der Waals surface area (Å²) in [7, 11) is 2.95. The van der Waals surface area contributed by atoms with Crippen LogP contribution in [0.5, 0.6) is 5.75 Å². The first-order valence-electron chi connectivity index (χ1n) is 10.0. The summed E-state index contributed by atoms with van der Waals surface area (Å²) in [5, 5.41) is 43.9. The van der Waals surface area contributed by atoms with E-state index in [2.05, 4.69) is 6.58 Å². The minimum Gasteiger partial charge on any atom is -0.510 e. The lowest BCUT2D eigenvalue weighted by Crippen LogP contribution is -2.66. The number of phenols is 1. The lowest BCUT2D eigenvalue weighted by molar-refractivity contribution is -0.154. The summed E-state index contributed by atoms with van der Waals surface area (Å²) in [6.45, 7) is 3.96. The van der Waals surface area contributed by atoms with E-state index in [1.165, 1.54) is 37.2 Å². The van der Waals surface area contributed by atoms with Gasteiger partial charge in [-0.3, -0.25) is 19.3 Å². The number of carbonyl (C=O) groups excluding carboxylic acids is 4. The molecule has 1 aromatic carbocycles. The van der Waals surface area contributed by atoms with Gasteiger partial charge in [0.25, 0.3) is 5.91 Å². The highest BCUT2D eigenvalue weighted by molar-refractivity contribution is 6.25. The van der Waals surface area contributed by atoms with E-state index in [1.54, 1.807) is 0 Å². The molecule has 0 unspecified atom stereocenters. The van der Waals surface area contributed by atoms with Crippen molar-refractivity contribution in [2.24, 2.45) is 23.5 Å². The molecule has 0 bridgehead atoms. The molecule has 1 aromatic rings. The molecule has 0 saturated heterocycles. The number of allylic oxidation sites excluding steroid dienone is 2. The van der Waals surface area contributed by atoms with Crippen molar-refractivity contribution in [1.29, 1.82) is 0 Å². The third-order valence-corrected chi connectivity index (χ3v) is 6.85. The number of primary amides is 1. The highest BCUT2D eigenvalue weighted by Gasteiger charge is 2.67. The molecular weight excluding hydrogens is 432 g/mol. The molecule has 4 rings (SSSR count). The van der Waals surface area contributed by atoms with Gasteiger partial charge in [0.2, 0.25) is 5.78 Å². The second-order valence-electron chi connectivity index (χ2n) is 8.66. The van der Waals surface area contributed by atoms with Crippen LogP contribution in [0, 0.1) is 17.8 Å². The monoisotopic (exact) mass is 454 g/mol. The zero-order chi connectivity index (χ0) is 24.6. The molecule has 172 valence electrons. The summed E-state index contributed by atoms with van der Waals surface area (Å²) in [6.07, 6.45) is 0.422. The SMILES string of the molecule is C=C1c2cccc(O)c2C(=O)C2=C(O)[C@@]3(O)C(=O)C(C(N)=O)=C(O)[C@H](N(C)C)[C@H]3[C@H](C=O)[C@@H]12. The number of amides is 1. The van der Waals surface area contributed by atoms with Gasteiger partial charge in [0.1, 0.15) is 29.1 Å². The Hall–Kier alpha value is -3.76. The standard InChI is InChI=1S/C23H22N2O8/c1-8-9-5-4-6-11(27)13(9)18(28)14-12(8)10(7-26)16-17(25(2)3)19(29)15(22(24)32)21(31)23(16,33)20(14)30/h4-7,10,12,16-17,27,29-30,33H,1H2,2-3H3,(H2,24,32)/t10-,12-,16-,17-,23-/m1/s1. The predicted octanol–water partition coefficient (Wildman–Crippen LogP) is 0.0163. The highest BCUT2D eigenvalue weighted by atomic mass is 16.3. The third-order valence-electron chi connectivity index (χ3n) is 6.85. The number of Topliss-reactive ketones (excluding diaryl/α,β-unsaturated/α-hetero) is 2. The van der Waals surface area contributed by atoms with Crippen LogP contribution in [0.2, 0.25) is 0 Å². The molecule has 10 nitrogen and oxygen atoms in total. The Kier molecular flexibility index (Phi) is 4.84. The number of fused-ring (bicyclic) bond motifs is 3. The van der Waals surface area contributed by atoms with Crippen molar-refractivity contribution in [3.8, 4) is 5.75 Å². The van der Waals surface area contributed by atoms with E-state index < -0.39 is 75.3 Å².